The molecule has 4 N–H and O–H groups in total. The van der Waals surface area contributed by atoms with E-state index in [2.05, 4.69) is 6.58 Å². The molecule has 0 aliphatic carbocycles. The number of carbonyl (C=O) groups excluding carboxylic acids is 1. The molecule has 0 aliphatic heterocycles. The molecule has 1 aromatic carbocycles. The van der Waals surface area contributed by atoms with E-state index in [4.69, 9.17) is 11.5 Å². The van der Waals surface area contributed by atoms with E-state index in [0.717, 1.165) is 0 Å². The lowest BCUT2D eigenvalue weighted by molar-refractivity contribution is 0.103. The Labute approximate surface area is 70.7 Å². The molecule has 0 unspecified atom stereocenters. The van der Waals surface area contributed by atoms with Crippen LogP contribution in [-0.2, 0) is 0 Å². The van der Waals surface area contributed by atoms with Gasteiger partial charge in [-0.1, -0.05) is 6.58 Å². The van der Waals surface area contributed by atoms with Crippen molar-refractivity contribution in [1.82, 2.24) is 0 Å². The van der Waals surface area contributed by atoms with Crippen LogP contribution in [0, 0.1) is 0 Å². The summed E-state index contributed by atoms with van der Waals surface area (Å²) in [5.74, 6) is -0.255. The second-order valence-corrected chi connectivity index (χ2v) is 2.48. The standard InChI is InChI=1S/C9H10N2O/c1-6(10)9(12)7-2-4-8(11)5-3-7/h2-5H,1,10-11H2. The van der Waals surface area contributed by atoms with Crippen LogP contribution in [0.15, 0.2) is 36.5 Å². The minimum Gasteiger partial charge on any atom is -0.399 e. The zero-order valence-electron chi connectivity index (χ0n) is 6.58. The number of allylic oxidation sites excluding steroid dienone is 1. The highest BCUT2D eigenvalue weighted by molar-refractivity contribution is 6.07. The van der Waals surface area contributed by atoms with Crippen molar-refractivity contribution in [2.45, 2.75) is 0 Å². The first-order valence-corrected chi connectivity index (χ1v) is 3.46. The topological polar surface area (TPSA) is 69.1 Å². The van der Waals surface area contributed by atoms with Gasteiger partial charge in [-0.25, -0.2) is 0 Å². The van der Waals surface area contributed by atoms with E-state index in [-0.39, 0.29) is 11.5 Å². The molecule has 0 amide bonds. The lowest BCUT2D eigenvalue weighted by Crippen LogP contribution is -2.09. The molecular formula is C9H10N2O. The van der Waals surface area contributed by atoms with Gasteiger partial charge < -0.3 is 11.5 Å². The smallest absolute Gasteiger partial charge is 0.208 e. The van der Waals surface area contributed by atoms with Gasteiger partial charge in [0.1, 0.15) is 0 Å². The van der Waals surface area contributed by atoms with Crippen LogP contribution >= 0.6 is 0 Å². The van der Waals surface area contributed by atoms with E-state index < -0.39 is 0 Å². The molecule has 0 radical (unpaired) electrons. The SMILES string of the molecule is C=C(N)C(=O)c1ccc(N)cc1. The Morgan fingerprint density at radius 1 is 1.25 bits per heavy atom. The van der Waals surface area contributed by atoms with Crippen LogP contribution in [0.3, 0.4) is 0 Å². The van der Waals surface area contributed by atoms with E-state index >= 15 is 0 Å². The van der Waals surface area contributed by atoms with Crippen LogP contribution < -0.4 is 11.5 Å². The Bertz CT molecular complexity index is 314. The third-order valence-corrected chi connectivity index (χ3v) is 1.46. The van der Waals surface area contributed by atoms with Gasteiger partial charge in [-0.05, 0) is 24.3 Å². The largest absolute Gasteiger partial charge is 0.399 e. The summed E-state index contributed by atoms with van der Waals surface area (Å²) in [6, 6.07) is 6.54. The summed E-state index contributed by atoms with van der Waals surface area (Å²) >= 11 is 0. The molecule has 0 fully saturated rings. The molecule has 0 heterocycles. The summed E-state index contributed by atoms with van der Waals surface area (Å²) in [6.45, 7) is 3.35. The van der Waals surface area contributed by atoms with Gasteiger partial charge in [0.05, 0.1) is 5.70 Å². The maximum Gasteiger partial charge on any atom is 0.208 e. The molecule has 1 rings (SSSR count). The molecule has 0 bridgehead atoms. The number of nitrogen functional groups attached to an aromatic ring is 1. The predicted molar refractivity (Wildman–Crippen MR) is 48.5 cm³/mol. The Balaban J connectivity index is 2.98. The molecule has 0 atom stereocenters. The molecule has 1 aromatic rings. The number of hydrogen-bond donors (Lipinski definition) is 2. The van der Waals surface area contributed by atoms with E-state index in [9.17, 15) is 4.79 Å². The first-order valence-electron chi connectivity index (χ1n) is 3.46. The first kappa shape index (κ1) is 8.33. The number of ketones is 1. The van der Waals surface area contributed by atoms with Crippen LogP contribution in [0.5, 0.6) is 0 Å². The van der Waals surface area contributed by atoms with Gasteiger partial charge in [-0.2, -0.15) is 0 Å². The van der Waals surface area contributed by atoms with Crippen molar-refractivity contribution in [2.75, 3.05) is 5.73 Å². The molecule has 3 nitrogen and oxygen atoms in total. The van der Waals surface area contributed by atoms with E-state index in [1.807, 2.05) is 0 Å². The Morgan fingerprint density at radius 2 is 1.75 bits per heavy atom. The second-order valence-electron chi connectivity index (χ2n) is 2.48. The number of benzene rings is 1. The van der Waals surface area contributed by atoms with Gasteiger partial charge >= 0.3 is 0 Å². The molecule has 0 saturated heterocycles. The number of nitrogens with two attached hydrogens (primary N) is 2. The van der Waals surface area contributed by atoms with Crippen LogP contribution in [-0.4, -0.2) is 5.78 Å². The van der Waals surface area contributed by atoms with E-state index in [0.29, 0.717) is 11.3 Å². The number of anilines is 1. The summed E-state index contributed by atoms with van der Waals surface area (Å²) in [4.78, 5) is 11.2. The summed E-state index contributed by atoms with van der Waals surface area (Å²) in [5, 5.41) is 0. The number of rotatable bonds is 2. The Hall–Kier alpha value is -1.77. The average Bonchev–Trinajstić information content (AvgIpc) is 2.04. The van der Waals surface area contributed by atoms with Crippen molar-refractivity contribution in [1.29, 1.82) is 0 Å². The normalized spacial score (nSPS) is 9.33. The van der Waals surface area contributed by atoms with Gasteiger partial charge in [0.25, 0.3) is 0 Å². The molecular weight excluding hydrogens is 152 g/mol. The van der Waals surface area contributed by atoms with Crippen LogP contribution in [0.25, 0.3) is 0 Å². The molecule has 0 saturated carbocycles. The van der Waals surface area contributed by atoms with Gasteiger partial charge in [-0.3, -0.25) is 4.79 Å². The van der Waals surface area contributed by atoms with E-state index in [1.54, 1.807) is 24.3 Å². The lowest BCUT2D eigenvalue weighted by atomic mass is 10.1. The molecule has 0 aliphatic rings. The minimum absolute atomic E-state index is 0.0415. The third kappa shape index (κ3) is 1.63. The average molecular weight is 162 g/mol. The lowest BCUT2D eigenvalue weighted by Gasteiger charge is -1.99. The molecule has 0 spiro atoms. The maximum absolute atomic E-state index is 11.2. The summed E-state index contributed by atoms with van der Waals surface area (Å²) < 4.78 is 0. The quantitative estimate of drug-likeness (QED) is 0.386. The Kier molecular flexibility index (Phi) is 2.14. The van der Waals surface area contributed by atoms with Crippen molar-refractivity contribution in [3.05, 3.63) is 42.1 Å². The van der Waals surface area contributed by atoms with Gasteiger partial charge in [-0.15, -0.1) is 0 Å². The highest BCUT2D eigenvalue weighted by atomic mass is 16.1. The molecule has 12 heavy (non-hydrogen) atoms. The zero-order chi connectivity index (χ0) is 9.14. The van der Waals surface area contributed by atoms with E-state index in [1.165, 1.54) is 0 Å². The number of carbonyl (C=O) groups is 1. The van der Waals surface area contributed by atoms with Gasteiger partial charge in [0.2, 0.25) is 5.78 Å². The summed E-state index contributed by atoms with van der Waals surface area (Å²) in [7, 11) is 0. The highest BCUT2D eigenvalue weighted by Crippen LogP contribution is 2.07. The van der Waals surface area contributed by atoms with Crippen molar-refractivity contribution in [3.8, 4) is 0 Å². The first-order chi connectivity index (χ1) is 5.61. The fourth-order valence-electron chi connectivity index (χ4n) is 0.820. The predicted octanol–water partition coefficient (Wildman–Crippen LogP) is 0.924. The number of hydrogen-bond acceptors (Lipinski definition) is 3. The van der Waals surface area contributed by atoms with Gasteiger partial charge in [0.15, 0.2) is 0 Å². The monoisotopic (exact) mass is 162 g/mol. The van der Waals surface area contributed by atoms with Crippen molar-refractivity contribution < 1.29 is 4.79 Å². The van der Waals surface area contributed by atoms with Crippen LogP contribution in [0.4, 0.5) is 5.69 Å². The number of Topliss-reactive ketones (excluding diaryl/α,β-unsaturated/α-hetero) is 1. The fraction of sp³-hybridized carbons (Fsp3) is 0. The zero-order valence-corrected chi connectivity index (χ0v) is 6.58. The maximum atomic E-state index is 11.2. The third-order valence-electron chi connectivity index (χ3n) is 1.46. The molecule has 0 aromatic heterocycles. The van der Waals surface area contributed by atoms with Crippen molar-refractivity contribution >= 4 is 11.5 Å². The molecule has 3 heteroatoms. The minimum atomic E-state index is -0.255. The molecule has 62 valence electrons. The van der Waals surface area contributed by atoms with Crippen LogP contribution in [0.1, 0.15) is 10.4 Å². The Morgan fingerprint density at radius 3 is 2.17 bits per heavy atom. The van der Waals surface area contributed by atoms with Crippen molar-refractivity contribution in [2.24, 2.45) is 5.73 Å². The van der Waals surface area contributed by atoms with Gasteiger partial charge in [0, 0.05) is 11.3 Å². The van der Waals surface area contributed by atoms with Crippen LogP contribution in [0.2, 0.25) is 0 Å². The highest BCUT2D eigenvalue weighted by Gasteiger charge is 2.05. The summed E-state index contributed by atoms with van der Waals surface area (Å²) in [5.41, 5.74) is 11.8. The summed E-state index contributed by atoms with van der Waals surface area (Å²) in [6.07, 6.45) is 0. The fourth-order valence-corrected chi connectivity index (χ4v) is 0.820. The second kappa shape index (κ2) is 3.09. The van der Waals surface area contributed by atoms with Crippen molar-refractivity contribution in [3.63, 3.8) is 0 Å².